The standard InChI is InChI=1S/C19H25FN4O/c1-25-16-9-15(10-21)23(11-16)12-18-17-3-2-4-19(17)24(22-18)14-7-5-13(20)6-8-14/h5-8,15-16H,2-4,9-12,21H2,1H3/t15-,16-/m0/s1. The number of ether oxygens (including phenoxy) is 1. The van der Waals surface area contributed by atoms with Gasteiger partial charge in [-0.3, -0.25) is 4.90 Å². The van der Waals surface area contributed by atoms with Crippen molar-refractivity contribution in [2.45, 2.75) is 44.4 Å². The lowest BCUT2D eigenvalue weighted by Crippen LogP contribution is -2.35. The molecule has 0 saturated carbocycles. The zero-order valence-electron chi connectivity index (χ0n) is 14.6. The van der Waals surface area contributed by atoms with E-state index >= 15 is 0 Å². The van der Waals surface area contributed by atoms with Crippen LogP contribution in [0.3, 0.4) is 0 Å². The molecule has 2 aromatic rings. The van der Waals surface area contributed by atoms with Crippen LogP contribution >= 0.6 is 0 Å². The number of aromatic nitrogens is 2. The summed E-state index contributed by atoms with van der Waals surface area (Å²) in [7, 11) is 1.77. The fourth-order valence-corrected chi connectivity index (χ4v) is 4.18. The molecule has 2 N–H and O–H groups in total. The lowest BCUT2D eigenvalue weighted by molar-refractivity contribution is 0.107. The van der Waals surface area contributed by atoms with E-state index in [2.05, 4.69) is 4.90 Å². The molecule has 6 heteroatoms. The van der Waals surface area contributed by atoms with Gasteiger partial charge in [0.05, 0.1) is 17.5 Å². The number of likely N-dealkylation sites (tertiary alicyclic amines) is 1. The highest BCUT2D eigenvalue weighted by Crippen LogP contribution is 2.30. The predicted octanol–water partition coefficient (Wildman–Crippen LogP) is 2.05. The van der Waals surface area contributed by atoms with Crippen molar-refractivity contribution in [2.24, 2.45) is 5.73 Å². The second-order valence-electron chi connectivity index (χ2n) is 7.03. The minimum atomic E-state index is -0.221. The zero-order valence-corrected chi connectivity index (χ0v) is 14.6. The summed E-state index contributed by atoms with van der Waals surface area (Å²) in [6.07, 6.45) is 4.48. The van der Waals surface area contributed by atoms with Gasteiger partial charge in [-0.15, -0.1) is 0 Å². The Morgan fingerprint density at radius 1 is 1.28 bits per heavy atom. The van der Waals surface area contributed by atoms with E-state index in [1.807, 2.05) is 4.68 Å². The number of methoxy groups -OCH3 is 1. The van der Waals surface area contributed by atoms with Crippen LogP contribution in [0.5, 0.6) is 0 Å². The van der Waals surface area contributed by atoms with Crippen LogP contribution in [0, 0.1) is 5.82 Å². The molecule has 1 aliphatic heterocycles. The normalized spacial score (nSPS) is 23.3. The zero-order chi connectivity index (χ0) is 17.4. The second-order valence-corrected chi connectivity index (χ2v) is 7.03. The molecule has 2 heterocycles. The van der Waals surface area contributed by atoms with Crippen LogP contribution in [0.1, 0.15) is 29.8 Å². The first-order valence-electron chi connectivity index (χ1n) is 9.02. The Hall–Kier alpha value is -1.76. The van der Waals surface area contributed by atoms with Crippen LogP contribution in [0.15, 0.2) is 24.3 Å². The molecule has 5 nitrogen and oxygen atoms in total. The summed E-state index contributed by atoms with van der Waals surface area (Å²) in [6, 6.07) is 6.92. The number of hydrogen-bond acceptors (Lipinski definition) is 4. The summed E-state index contributed by atoms with van der Waals surface area (Å²) in [5, 5.41) is 4.89. The predicted molar refractivity (Wildman–Crippen MR) is 94.2 cm³/mol. The van der Waals surface area contributed by atoms with E-state index in [0.29, 0.717) is 12.6 Å². The van der Waals surface area contributed by atoms with Gasteiger partial charge in [-0.05, 0) is 55.5 Å². The quantitative estimate of drug-likeness (QED) is 0.902. The number of fused-ring (bicyclic) bond motifs is 1. The summed E-state index contributed by atoms with van der Waals surface area (Å²) in [4.78, 5) is 2.39. The molecular weight excluding hydrogens is 319 g/mol. The van der Waals surface area contributed by atoms with E-state index in [1.54, 1.807) is 19.2 Å². The fourth-order valence-electron chi connectivity index (χ4n) is 4.18. The number of hydrogen-bond donors (Lipinski definition) is 1. The van der Waals surface area contributed by atoms with Crippen LogP contribution in [-0.2, 0) is 24.1 Å². The third-order valence-corrected chi connectivity index (χ3v) is 5.53. The summed E-state index contributed by atoms with van der Waals surface area (Å²) in [6.45, 7) is 2.34. The van der Waals surface area contributed by atoms with Gasteiger partial charge in [0.1, 0.15) is 5.82 Å². The largest absolute Gasteiger partial charge is 0.380 e. The van der Waals surface area contributed by atoms with Crippen molar-refractivity contribution in [1.82, 2.24) is 14.7 Å². The molecule has 0 radical (unpaired) electrons. The highest BCUT2D eigenvalue weighted by atomic mass is 19.1. The number of halogens is 1. The Balaban J connectivity index is 1.63. The molecule has 25 heavy (non-hydrogen) atoms. The Morgan fingerprint density at radius 2 is 2.08 bits per heavy atom. The number of rotatable bonds is 5. The second kappa shape index (κ2) is 6.86. The van der Waals surface area contributed by atoms with Crippen molar-refractivity contribution in [2.75, 3.05) is 20.2 Å². The molecule has 0 amide bonds. The maximum atomic E-state index is 13.2. The highest BCUT2D eigenvalue weighted by Gasteiger charge is 2.33. The molecule has 2 aliphatic rings. The molecule has 1 saturated heterocycles. The first-order valence-corrected chi connectivity index (χ1v) is 9.02. The summed E-state index contributed by atoms with van der Waals surface area (Å²) < 4.78 is 20.8. The molecule has 0 unspecified atom stereocenters. The van der Waals surface area contributed by atoms with Crippen molar-refractivity contribution in [3.63, 3.8) is 0 Å². The maximum absolute atomic E-state index is 13.2. The van der Waals surface area contributed by atoms with Gasteiger partial charge in [0.15, 0.2) is 0 Å². The van der Waals surface area contributed by atoms with Gasteiger partial charge in [-0.1, -0.05) is 0 Å². The van der Waals surface area contributed by atoms with E-state index in [0.717, 1.165) is 50.2 Å². The smallest absolute Gasteiger partial charge is 0.123 e. The van der Waals surface area contributed by atoms with Crippen molar-refractivity contribution in [1.29, 1.82) is 0 Å². The molecule has 2 atom stereocenters. The average molecular weight is 344 g/mol. The molecule has 1 aromatic heterocycles. The van der Waals surface area contributed by atoms with E-state index in [9.17, 15) is 4.39 Å². The number of nitrogens with zero attached hydrogens (tertiary/aromatic N) is 3. The Labute approximate surface area is 147 Å². The first kappa shape index (κ1) is 16.7. The van der Waals surface area contributed by atoms with Crippen LogP contribution in [-0.4, -0.2) is 47.0 Å². The van der Waals surface area contributed by atoms with Crippen molar-refractivity contribution in [3.8, 4) is 5.69 Å². The molecular formula is C19H25FN4O. The minimum Gasteiger partial charge on any atom is -0.380 e. The SMILES string of the molecule is CO[C@H]1C[C@@H](CN)N(Cc2nn(-c3ccc(F)cc3)c3c2CCC3)C1. The summed E-state index contributed by atoms with van der Waals surface area (Å²) >= 11 is 0. The van der Waals surface area contributed by atoms with Crippen LogP contribution < -0.4 is 5.73 Å². The third-order valence-electron chi connectivity index (χ3n) is 5.53. The van der Waals surface area contributed by atoms with Gasteiger partial charge in [0.25, 0.3) is 0 Å². The van der Waals surface area contributed by atoms with Gasteiger partial charge < -0.3 is 10.5 Å². The Bertz CT molecular complexity index is 743. The van der Waals surface area contributed by atoms with Gasteiger partial charge in [0.2, 0.25) is 0 Å². The lowest BCUT2D eigenvalue weighted by Gasteiger charge is -2.22. The average Bonchev–Trinajstić information content (AvgIpc) is 3.32. The molecule has 1 aliphatic carbocycles. The van der Waals surface area contributed by atoms with Crippen molar-refractivity contribution in [3.05, 3.63) is 47.0 Å². The Kier molecular flexibility index (Phi) is 4.58. The monoisotopic (exact) mass is 344 g/mol. The number of benzene rings is 1. The van der Waals surface area contributed by atoms with Crippen LogP contribution in [0.2, 0.25) is 0 Å². The molecule has 1 fully saturated rings. The summed E-state index contributed by atoms with van der Waals surface area (Å²) in [5.74, 6) is -0.221. The minimum absolute atomic E-state index is 0.221. The fraction of sp³-hybridized carbons (Fsp3) is 0.526. The van der Waals surface area contributed by atoms with Gasteiger partial charge >= 0.3 is 0 Å². The third kappa shape index (κ3) is 3.10. The lowest BCUT2D eigenvalue weighted by atomic mass is 10.1. The van der Waals surface area contributed by atoms with Crippen LogP contribution in [0.25, 0.3) is 5.69 Å². The highest BCUT2D eigenvalue weighted by molar-refractivity contribution is 5.40. The first-order chi connectivity index (χ1) is 12.2. The molecule has 0 spiro atoms. The van der Waals surface area contributed by atoms with E-state index in [1.165, 1.54) is 23.4 Å². The van der Waals surface area contributed by atoms with E-state index in [-0.39, 0.29) is 11.9 Å². The maximum Gasteiger partial charge on any atom is 0.123 e. The van der Waals surface area contributed by atoms with E-state index < -0.39 is 0 Å². The molecule has 4 rings (SSSR count). The molecule has 1 aromatic carbocycles. The van der Waals surface area contributed by atoms with E-state index in [4.69, 9.17) is 15.6 Å². The molecule has 0 bridgehead atoms. The van der Waals surface area contributed by atoms with Gasteiger partial charge in [-0.2, -0.15) is 5.10 Å². The van der Waals surface area contributed by atoms with Crippen molar-refractivity contribution >= 4 is 0 Å². The van der Waals surface area contributed by atoms with Gasteiger partial charge in [-0.25, -0.2) is 9.07 Å². The van der Waals surface area contributed by atoms with Crippen molar-refractivity contribution < 1.29 is 9.13 Å². The topological polar surface area (TPSA) is 56.3 Å². The van der Waals surface area contributed by atoms with Crippen LogP contribution in [0.4, 0.5) is 4.39 Å². The number of nitrogens with two attached hydrogens (primary N) is 1. The molecule has 134 valence electrons. The Morgan fingerprint density at radius 3 is 2.80 bits per heavy atom. The summed E-state index contributed by atoms with van der Waals surface area (Å²) in [5.41, 5.74) is 10.7. The van der Waals surface area contributed by atoms with Gasteiger partial charge in [0, 0.05) is 38.5 Å².